The van der Waals surface area contributed by atoms with Crippen LogP contribution >= 0.6 is 11.3 Å². The van der Waals surface area contributed by atoms with Crippen molar-refractivity contribution in [3.8, 4) is 11.4 Å². The Balaban J connectivity index is 2.48. The molecule has 0 aliphatic heterocycles. The summed E-state index contributed by atoms with van der Waals surface area (Å²) in [7, 11) is 0. The number of aryl methyl sites for hydroxylation is 3. The van der Waals surface area contributed by atoms with Gasteiger partial charge in [0.1, 0.15) is 16.7 Å². The average Bonchev–Trinajstić information content (AvgIpc) is 2.82. The van der Waals surface area contributed by atoms with Gasteiger partial charge in [-0.25, -0.2) is 9.78 Å². The monoisotopic (exact) mass is 342 g/mol. The normalized spacial score (nSPS) is 12.5. The van der Waals surface area contributed by atoms with Gasteiger partial charge in [0, 0.05) is 10.4 Å². The van der Waals surface area contributed by atoms with E-state index in [4.69, 9.17) is 0 Å². The van der Waals surface area contributed by atoms with Crippen molar-refractivity contribution in [3.63, 3.8) is 0 Å². The van der Waals surface area contributed by atoms with Crippen LogP contribution in [0.1, 0.15) is 29.0 Å². The third kappa shape index (κ3) is 2.43. The molecule has 0 saturated carbocycles. The van der Waals surface area contributed by atoms with Crippen LogP contribution in [0.25, 0.3) is 21.6 Å². The molecule has 6 heteroatoms. The van der Waals surface area contributed by atoms with Gasteiger partial charge in [-0.3, -0.25) is 9.36 Å². The molecule has 0 radical (unpaired) electrons. The molecule has 0 amide bonds. The van der Waals surface area contributed by atoms with E-state index in [1.54, 1.807) is 0 Å². The fourth-order valence-corrected chi connectivity index (χ4v) is 3.81. The minimum Gasteiger partial charge on any atom is -0.480 e. The smallest absolute Gasteiger partial charge is 0.326 e. The molecule has 1 N–H and O–H groups in total. The van der Waals surface area contributed by atoms with Crippen LogP contribution in [0.15, 0.2) is 29.1 Å². The van der Waals surface area contributed by atoms with Crippen molar-refractivity contribution in [3.05, 3.63) is 50.6 Å². The molecule has 0 fully saturated rings. The Kier molecular flexibility index (Phi) is 4.01. The molecule has 2 heterocycles. The lowest BCUT2D eigenvalue weighted by Crippen LogP contribution is -2.30. The number of nitrogens with zero attached hydrogens (tertiary/aromatic N) is 2. The number of thiophene rings is 1. The quantitative estimate of drug-likeness (QED) is 0.788. The van der Waals surface area contributed by atoms with Gasteiger partial charge in [-0.05, 0) is 38.8 Å². The van der Waals surface area contributed by atoms with Gasteiger partial charge in [0.15, 0.2) is 0 Å². The number of aromatic nitrogens is 2. The maximum Gasteiger partial charge on any atom is 0.326 e. The van der Waals surface area contributed by atoms with Gasteiger partial charge in [0.05, 0.1) is 5.39 Å². The molecule has 1 atom stereocenters. The number of rotatable bonds is 3. The number of benzene rings is 1. The Morgan fingerprint density at radius 3 is 2.54 bits per heavy atom. The highest BCUT2D eigenvalue weighted by Gasteiger charge is 2.24. The van der Waals surface area contributed by atoms with Gasteiger partial charge in [-0.15, -0.1) is 11.3 Å². The van der Waals surface area contributed by atoms with Gasteiger partial charge in [-0.2, -0.15) is 0 Å². The van der Waals surface area contributed by atoms with Crippen LogP contribution in [0.5, 0.6) is 0 Å². The Labute approximate surface area is 143 Å². The first-order chi connectivity index (χ1) is 11.3. The minimum atomic E-state index is -1.06. The van der Waals surface area contributed by atoms with E-state index in [9.17, 15) is 14.7 Å². The lowest BCUT2D eigenvalue weighted by atomic mass is 10.1. The second-order valence-corrected chi connectivity index (χ2v) is 7.11. The summed E-state index contributed by atoms with van der Waals surface area (Å²) in [5, 5.41) is 9.98. The molecular formula is C18H18N2O3S. The molecule has 0 bridgehead atoms. The summed E-state index contributed by atoms with van der Waals surface area (Å²) < 4.78 is 1.30. The maximum absolute atomic E-state index is 13.1. The second kappa shape index (κ2) is 5.87. The highest BCUT2D eigenvalue weighted by molar-refractivity contribution is 7.18. The van der Waals surface area contributed by atoms with Gasteiger partial charge in [0.25, 0.3) is 5.56 Å². The molecule has 5 nitrogen and oxygen atoms in total. The number of aliphatic carboxylic acids is 1. The lowest BCUT2D eigenvalue weighted by Gasteiger charge is -2.17. The summed E-state index contributed by atoms with van der Waals surface area (Å²) in [4.78, 5) is 31.0. The van der Waals surface area contributed by atoms with E-state index in [2.05, 4.69) is 4.98 Å². The largest absolute Gasteiger partial charge is 0.480 e. The molecule has 24 heavy (non-hydrogen) atoms. The van der Waals surface area contributed by atoms with Crippen LogP contribution in [0, 0.1) is 20.8 Å². The maximum atomic E-state index is 13.1. The van der Waals surface area contributed by atoms with E-state index in [1.165, 1.54) is 22.8 Å². The van der Waals surface area contributed by atoms with Crippen molar-refractivity contribution >= 4 is 27.5 Å². The van der Waals surface area contributed by atoms with Gasteiger partial charge >= 0.3 is 5.97 Å². The van der Waals surface area contributed by atoms with E-state index in [0.717, 1.165) is 21.6 Å². The van der Waals surface area contributed by atoms with Gasteiger partial charge in [0.2, 0.25) is 0 Å². The van der Waals surface area contributed by atoms with E-state index in [0.29, 0.717) is 16.0 Å². The SMILES string of the molecule is Cc1ccccc1-c1nc2sc(C)c(C)c2c(=O)n1C(C)C(=O)O. The Bertz CT molecular complexity index is 1020. The van der Waals surface area contributed by atoms with Crippen LogP contribution < -0.4 is 5.56 Å². The van der Waals surface area contributed by atoms with E-state index in [-0.39, 0.29) is 5.56 Å². The Morgan fingerprint density at radius 2 is 1.92 bits per heavy atom. The lowest BCUT2D eigenvalue weighted by molar-refractivity contribution is -0.140. The summed E-state index contributed by atoms with van der Waals surface area (Å²) in [6, 6.07) is 6.55. The van der Waals surface area contributed by atoms with Crippen molar-refractivity contribution < 1.29 is 9.90 Å². The fraction of sp³-hybridized carbons (Fsp3) is 0.278. The van der Waals surface area contributed by atoms with Crippen molar-refractivity contribution in [1.82, 2.24) is 9.55 Å². The Hall–Kier alpha value is -2.47. The molecule has 0 aliphatic rings. The number of hydrogen-bond donors (Lipinski definition) is 1. The first-order valence-electron chi connectivity index (χ1n) is 7.64. The van der Waals surface area contributed by atoms with Gasteiger partial charge in [-0.1, -0.05) is 24.3 Å². The molecule has 1 unspecified atom stereocenters. The van der Waals surface area contributed by atoms with E-state index >= 15 is 0 Å². The van der Waals surface area contributed by atoms with Crippen LogP contribution in [-0.4, -0.2) is 20.6 Å². The fourth-order valence-electron chi connectivity index (χ4n) is 2.79. The molecule has 0 spiro atoms. The number of hydrogen-bond acceptors (Lipinski definition) is 4. The van der Waals surface area contributed by atoms with E-state index < -0.39 is 12.0 Å². The number of carboxylic acid groups (broad SMARTS) is 1. The van der Waals surface area contributed by atoms with E-state index in [1.807, 2.05) is 45.0 Å². The summed E-state index contributed by atoms with van der Waals surface area (Å²) in [5.41, 5.74) is 2.29. The number of fused-ring (bicyclic) bond motifs is 1. The zero-order valence-corrected chi connectivity index (χ0v) is 14.8. The summed E-state index contributed by atoms with van der Waals surface area (Å²) in [6.45, 7) is 7.25. The molecule has 0 aliphatic carbocycles. The molecule has 1 aromatic carbocycles. The molecule has 124 valence electrons. The molecule has 3 aromatic rings. The highest BCUT2D eigenvalue weighted by Crippen LogP contribution is 2.30. The number of carboxylic acids is 1. The van der Waals surface area contributed by atoms with Crippen molar-refractivity contribution in [2.24, 2.45) is 0 Å². The third-order valence-electron chi connectivity index (χ3n) is 4.37. The second-order valence-electron chi connectivity index (χ2n) is 5.90. The summed E-state index contributed by atoms with van der Waals surface area (Å²) in [5.74, 6) is -0.653. The van der Waals surface area contributed by atoms with Crippen LogP contribution in [0.4, 0.5) is 0 Å². The van der Waals surface area contributed by atoms with Crippen LogP contribution in [0.3, 0.4) is 0 Å². The minimum absolute atomic E-state index is 0.296. The van der Waals surface area contributed by atoms with Gasteiger partial charge < -0.3 is 5.11 Å². The first kappa shape index (κ1) is 16.4. The highest BCUT2D eigenvalue weighted by atomic mass is 32.1. The molecule has 2 aromatic heterocycles. The average molecular weight is 342 g/mol. The molecule has 0 saturated heterocycles. The van der Waals surface area contributed by atoms with Crippen LogP contribution in [0.2, 0.25) is 0 Å². The van der Waals surface area contributed by atoms with Crippen molar-refractivity contribution in [2.75, 3.05) is 0 Å². The molecule has 3 rings (SSSR count). The van der Waals surface area contributed by atoms with Crippen molar-refractivity contribution in [2.45, 2.75) is 33.7 Å². The zero-order valence-electron chi connectivity index (χ0n) is 14.0. The topological polar surface area (TPSA) is 72.2 Å². The summed E-state index contributed by atoms with van der Waals surface area (Å²) in [6.07, 6.45) is 0. The van der Waals surface area contributed by atoms with Crippen LogP contribution in [-0.2, 0) is 4.79 Å². The van der Waals surface area contributed by atoms with Crippen molar-refractivity contribution in [1.29, 1.82) is 0 Å². The predicted octanol–water partition coefficient (Wildman–Crippen LogP) is 3.70. The zero-order chi connectivity index (χ0) is 17.6. The summed E-state index contributed by atoms with van der Waals surface area (Å²) >= 11 is 1.46. The number of carbonyl (C=O) groups is 1. The standard InChI is InChI=1S/C18H18N2O3S/c1-9-7-5-6-8-13(9)15-19-16-14(10(2)12(4)24-16)17(21)20(15)11(3)18(22)23/h5-8,11H,1-4H3,(H,22,23). The predicted molar refractivity (Wildman–Crippen MR) is 95.9 cm³/mol. The molecular weight excluding hydrogens is 324 g/mol. The Morgan fingerprint density at radius 1 is 1.25 bits per heavy atom. The third-order valence-corrected chi connectivity index (χ3v) is 5.47. The first-order valence-corrected chi connectivity index (χ1v) is 8.45.